The minimum atomic E-state index is -0.547. The number of nitro benzene ring substituents is 1. The number of amides is 2. The number of nitriles is 1. The molecule has 1 aromatic heterocycles. The molecule has 1 fully saturated rings. The Balaban J connectivity index is 1.75. The number of furan rings is 1. The van der Waals surface area contributed by atoms with Gasteiger partial charge in [-0.25, -0.2) is 0 Å². The summed E-state index contributed by atoms with van der Waals surface area (Å²) in [5, 5.41) is 20.8. The highest BCUT2D eigenvalue weighted by Crippen LogP contribution is 2.35. The van der Waals surface area contributed by atoms with Crippen LogP contribution in [0.2, 0.25) is 0 Å². The van der Waals surface area contributed by atoms with Crippen molar-refractivity contribution in [1.82, 2.24) is 4.90 Å². The number of rotatable bonds is 4. The quantitative estimate of drug-likeness (QED) is 0.315. The van der Waals surface area contributed by atoms with E-state index in [1.165, 1.54) is 17.0 Å². The van der Waals surface area contributed by atoms with Gasteiger partial charge in [0.2, 0.25) is 0 Å². The standard InChI is InChI=1S/C23H19N3O5/c1-14-18(22(27)25(15-6-2-3-7-15)23(28)19(14)13-24)12-16-10-11-21(31-16)17-8-4-5-9-20(17)26(29)30/h4-5,8-12,15H,2-3,6-7H2,1H3/b18-12+. The average Bonchev–Trinajstić information content (AvgIpc) is 3.44. The Morgan fingerprint density at radius 2 is 1.87 bits per heavy atom. The van der Waals surface area contributed by atoms with Gasteiger partial charge in [0.05, 0.1) is 10.5 Å². The van der Waals surface area contributed by atoms with Crippen molar-refractivity contribution in [3.8, 4) is 17.4 Å². The highest BCUT2D eigenvalue weighted by Gasteiger charge is 2.40. The van der Waals surface area contributed by atoms with E-state index in [1.807, 2.05) is 6.07 Å². The maximum atomic E-state index is 13.2. The summed E-state index contributed by atoms with van der Waals surface area (Å²) in [6.45, 7) is 1.57. The van der Waals surface area contributed by atoms with Crippen molar-refractivity contribution in [2.75, 3.05) is 0 Å². The van der Waals surface area contributed by atoms with Gasteiger partial charge in [-0.3, -0.25) is 24.6 Å². The Kier molecular flexibility index (Phi) is 5.26. The number of para-hydroxylation sites is 1. The first-order valence-corrected chi connectivity index (χ1v) is 9.97. The second kappa shape index (κ2) is 8.03. The number of hydrogen-bond acceptors (Lipinski definition) is 6. The zero-order valence-electron chi connectivity index (χ0n) is 16.8. The van der Waals surface area contributed by atoms with Crippen molar-refractivity contribution in [3.05, 3.63) is 69.0 Å². The lowest BCUT2D eigenvalue weighted by atomic mass is 9.93. The largest absolute Gasteiger partial charge is 0.456 e. The summed E-state index contributed by atoms with van der Waals surface area (Å²) in [7, 11) is 0. The Morgan fingerprint density at radius 3 is 2.55 bits per heavy atom. The fourth-order valence-electron chi connectivity index (χ4n) is 4.15. The third kappa shape index (κ3) is 3.55. The van der Waals surface area contributed by atoms with Crippen LogP contribution in [0.4, 0.5) is 5.69 Å². The molecule has 8 heteroatoms. The van der Waals surface area contributed by atoms with E-state index >= 15 is 0 Å². The molecule has 2 aromatic rings. The summed E-state index contributed by atoms with van der Waals surface area (Å²) >= 11 is 0. The summed E-state index contributed by atoms with van der Waals surface area (Å²) in [5.41, 5.74) is 0.690. The van der Waals surface area contributed by atoms with E-state index in [2.05, 4.69) is 0 Å². The van der Waals surface area contributed by atoms with Crippen molar-refractivity contribution in [1.29, 1.82) is 5.26 Å². The summed E-state index contributed by atoms with van der Waals surface area (Å²) in [4.78, 5) is 38.0. The third-order valence-corrected chi connectivity index (χ3v) is 5.74. The van der Waals surface area contributed by atoms with Crippen LogP contribution in [0.15, 0.2) is 57.5 Å². The minimum absolute atomic E-state index is 0.0526. The Labute approximate surface area is 178 Å². The van der Waals surface area contributed by atoms with Gasteiger partial charge in [0.1, 0.15) is 23.2 Å². The molecule has 1 aliphatic heterocycles. The molecule has 0 spiro atoms. The van der Waals surface area contributed by atoms with Crippen LogP contribution in [0.25, 0.3) is 17.4 Å². The van der Waals surface area contributed by atoms with Crippen molar-refractivity contribution < 1.29 is 18.9 Å². The second-order valence-electron chi connectivity index (χ2n) is 7.56. The van der Waals surface area contributed by atoms with Crippen LogP contribution in [-0.4, -0.2) is 27.7 Å². The van der Waals surface area contributed by atoms with Crippen LogP contribution in [0.3, 0.4) is 0 Å². The number of nitrogens with zero attached hydrogens (tertiary/aromatic N) is 3. The predicted octanol–water partition coefficient (Wildman–Crippen LogP) is 4.39. The molecular weight excluding hydrogens is 398 g/mol. The molecule has 0 N–H and O–H groups in total. The molecule has 4 rings (SSSR count). The smallest absolute Gasteiger partial charge is 0.280 e. The molecule has 0 atom stereocenters. The van der Waals surface area contributed by atoms with Crippen LogP contribution in [0, 0.1) is 21.4 Å². The molecule has 156 valence electrons. The van der Waals surface area contributed by atoms with E-state index in [1.54, 1.807) is 37.3 Å². The number of hydrogen-bond donors (Lipinski definition) is 0. The van der Waals surface area contributed by atoms with Gasteiger partial charge in [-0.05, 0) is 49.6 Å². The van der Waals surface area contributed by atoms with Crippen LogP contribution < -0.4 is 0 Å². The number of carbonyl (C=O) groups excluding carboxylic acids is 2. The SMILES string of the molecule is CC1=C(C#N)C(=O)N(C2CCCC2)C(=O)/C1=C/c1ccc(-c2ccccc2[N+](=O)[O-])o1. The van der Waals surface area contributed by atoms with Crippen LogP contribution in [-0.2, 0) is 9.59 Å². The van der Waals surface area contributed by atoms with Gasteiger partial charge in [0.15, 0.2) is 0 Å². The van der Waals surface area contributed by atoms with Gasteiger partial charge in [-0.15, -0.1) is 0 Å². The van der Waals surface area contributed by atoms with E-state index in [9.17, 15) is 25.0 Å². The first-order valence-electron chi connectivity index (χ1n) is 9.97. The van der Waals surface area contributed by atoms with Gasteiger partial charge in [0, 0.05) is 17.7 Å². The molecule has 1 saturated carbocycles. The van der Waals surface area contributed by atoms with E-state index in [4.69, 9.17) is 4.42 Å². The van der Waals surface area contributed by atoms with Gasteiger partial charge >= 0.3 is 0 Å². The van der Waals surface area contributed by atoms with E-state index in [0.717, 1.165) is 25.7 Å². The van der Waals surface area contributed by atoms with Crippen LogP contribution in [0.1, 0.15) is 38.4 Å². The van der Waals surface area contributed by atoms with Crippen molar-refractivity contribution in [3.63, 3.8) is 0 Å². The Morgan fingerprint density at radius 1 is 1.16 bits per heavy atom. The lowest BCUT2D eigenvalue weighted by molar-refractivity contribution is -0.384. The molecule has 2 aliphatic rings. The highest BCUT2D eigenvalue weighted by atomic mass is 16.6. The molecule has 8 nitrogen and oxygen atoms in total. The van der Waals surface area contributed by atoms with Gasteiger partial charge in [-0.1, -0.05) is 25.0 Å². The summed E-state index contributed by atoms with van der Waals surface area (Å²) < 4.78 is 5.77. The van der Waals surface area contributed by atoms with Gasteiger partial charge in [-0.2, -0.15) is 5.26 Å². The maximum absolute atomic E-state index is 13.2. The molecule has 2 amide bonds. The molecule has 1 aromatic carbocycles. The zero-order chi connectivity index (χ0) is 22.1. The van der Waals surface area contributed by atoms with Crippen molar-refractivity contribution in [2.24, 2.45) is 0 Å². The monoisotopic (exact) mass is 417 g/mol. The predicted molar refractivity (Wildman–Crippen MR) is 111 cm³/mol. The topological polar surface area (TPSA) is 117 Å². The zero-order valence-corrected chi connectivity index (χ0v) is 16.8. The van der Waals surface area contributed by atoms with E-state index < -0.39 is 16.7 Å². The second-order valence-corrected chi connectivity index (χ2v) is 7.56. The fraction of sp³-hybridized carbons (Fsp3) is 0.261. The first kappa shape index (κ1) is 20.3. The van der Waals surface area contributed by atoms with Gasteiger partial charge in [0.25, 0.3) is 17.5 Å². The lowest BCUT2D eigenvalue weighted by Crippen LogP contribution is -2.47. The van der Waals surface area contributed by atoms with Crippen LogP contribution in [0.5, 0.6) is 0 Å². The molecule has 0 bridgehead atoms. The first-order chi connectivity index (χ1) is 14.9. The Hall–Kier alpha value is -3.99. The molecule has 31 heavy (non-hydrogen) atoms. The maximum Gasteiger partial charge on any atom is 0.280 e. The fourth-order valence-corrected chi connectivity index (χ4v) is 4.15. The summed E-state index contributed by atoms with van der Waals surface area (Å²) in [6, 6.07) is 11.1. The normalized spacial score (nSPS) is 18.7. The molecule has 2 heterocycles. The molecule has 0 radical (unpaired) electrons. The highest BCUT2D eigenvalue weighted by molar-refractivity contribution is 6.19. The Bertz CT molecular complexity index is 1190. The minimum Gasteiger partial charge on any atom is -0.456 e. The number of benzene rings is 1. The van der Waals surface area contributed by atoms with Gasteiger partial charge < -0.3 is 4.42 Å². The number of imide groups is 1. The third-order valence-electron chi connectivity index (χ3n) is 5.74. The van der Waals surface area contributed by atoms with Crippen LogP contribution >= 0.6 is 0 Å². The average molecular weight is 417 g/mol. The lowest BCUT2D eigenvalue weighted by Gasteiger charge is -2.31. The van der Waals surface area contributed by atoms with Crippen molar-refractivity contribution in [2.45, 2.75) is 38.6 Å². The molecule has 1 aliphatic carbocycles. The van der Waals surface area contributed by atoms with E-state index in [-0.39, 0.29) is 28.6 Å². The molecule has 0 saturated heterocycles. The summed E-state index contributed by atoms with van der Waals surface area (Å²) in [5.74, 6) is -0.409. The van der Waals surface area contributed by atoms with Crippen molar-refractivity contribution >= 4 is 23.6 Å². The number of carbonyl (C=O) groups is 2. The summed E-state index contributed by atoms with van der Waals surface area (Å²) in [6.07, 6.45) is 4.81. The van der Waals surface area contributed by atoms with E-state index in [0.29, 0.717) is 16.9 Å². The molecular formula is C23H19N3O5. The number of nitro groups is 1. The molecule has 0 unspecified atom stereocenters.